The summed E-state index contributed by atoms with van der Waals surface area (Å²) in [7, 11) is 2.09. The summed E-state index contributed by atoms with van der Waals surface area (Å²) in [6, 6.07) is 11.4. The second kappa shape index (κ2) is 4.80. The molecule has 1 saturated carbocycles. The lowest BCUT2D eigenvalue weighted by atomic mass is 9.86. The summed E-state index contributed by atoms with van der Waals surface area (Å²) in [5.74, 6) is 1.68. The van der Waals surface area contributed by atoms with Gasteiger partial charge >= 0.3 is 0 Å². The monoisotopic (exact) mass is 203 g/mol. The predicted molar refractivity (Wildman–Crippen MR) is 64.7 cm³/mol. The molecule has 1 aromatic carbocycles. The summed E-state index contributed by atoms with van der Waals surface area (Å²) in [5.41, 5.74) is 1.44. The Hall–Kier alpha value is -0.820. The maximum Gasteiger partial charge on any atom is 0.0348 e. The Morgan fingerprint density at radius 3 is 2.47 bits per heavy atom. The summed E-state index contributed by atoms with van der Waals surface area (Å²) < 4.78 is 0. The van der Waals surface area contributed by atoms with Crippen LogP contribution in [0.15, 0.2) is 30.3 Å². The average molecular weight is 203 g/mol. The number of rotatable bonds is 3. The third-order valence-electron chi connectivity index (χ3n) is 3.83. The lowest BCUT2D eigenvalue weighted by Gasteiger charge is -2.27. The van der Waals surface area contributed by atoms with Gasteiger partial charge in [-0.3, -0.25) is 0 Å². The van der Waals surface area contributed by atoms with Gasteiger partial charge < -0.3 is 5.32 Å². The molecule has 82 valence electrons. The molecule has 1 aromatic rings. The van der Waals surface area contributed by atoms with Gasteiger partial charge in [0, 0.05) is 6.04 Å². The van der Waals surface area contributed by atoms with E-state index in [9.17, 15) is 0 Å². The van der Waals surface area contributed by atoms with E-state index in [1.54, 1.807) is 0 Å². The van der Waals surface area contributed by atoms with E-state index < -0.39 is 0 Å². The molecule has 0 heterocycles. The van der Waals surface area contributed by atoms with E-state index in [1.165, 1.54) is 24.8 Å². The summed E-state index contributed by atoms with van der Waals surface area (Å²) >= 11 is 0. The van der Waals surface area contributed by atoms with Gasteiger partial charge in [0.15, 0.2) is 0 Å². The van der Waals surface area contributed by atoms with Crippen LogP contribution >= 0.6 is 0 Å². The van der Waals surface area contributed by atoms with Crippen LogP contribution in [-0.2, 0) is 0 Å². The third kappa shape index (κ3) is 2.23. The summed E-state index contributed by atoms with van der Waals surface area (Å²) in [6.07, 6.45) is 4.17. The van der Waals surface area contributed by atoms with Crippen molar-refractivity contribution < 1.29 is 0 Å². The van der Waals surface area contributed by atoms with E-state index in [-0.39, 0.29) is 0 Å². The first kappa shape index (κ1) is 10.7. The van der Waals surface area contributed by atoms with Crippen molar-refractivity contribution in [2.45, 2.75) is 32.2 Å². The highest BCUT2D eigenvalue weighted by molar-refractivity contribution is 5.20. The number of benzene rings is 1. The van der Waals surface area contributed by atoms with Crippen LogP contribution in [0.25, 0.3) is 0 Å². The molecular formula is C14H21N. The summed E-state index contributed by atoms with van der Waals surface area (Å²) in [6.45, 7) is 2.39. The smallest absolute Gasteiger partial charge is 0.0348 e. The molecule has 0 aromatic heterocycles. The fourth-order valence-corrected chi connectivity index (χ4v) is 2.96. The minimum Gasteiger partial charge on any atom is -0.313 e. The van der Waals surface area contributed by atoms with Crippen LogP contribution in [0.2, 0.25) is 0 Å². The van der Waals surface area contributed by atoms with Crippen LogP contribution in [-0.4, -0.2) is 7.05 Å². The Labute approximate surface area is 92.9 Å². The number of hydrogen-bond acceptors (Lipinski definition) is 1. The largest absolute Gasteiger partial charge is 0.313 e. The Morgan fingerprint density at radius 1 is 1.20 bits per heavy atom. The minimum absolute atomic E-state index is 0.545. The van der Waals surface area contributed by atoms with Crippen molar-refractivity contribution in [1.82, 2.24) is 5.32 Å². The molecule has 1 fully saturated rings. The van der Waals surface area contributed by atoms with Crippen molar-refractivity contribution in [3.63, 3.8) is 0 Å². The Morgan fingerprint density at radius 2 is 1.93 bits per heavy atom. The number of nitrogens with one attached hydrogen (secondary N) is 1. The normalized spacial score (nSPS) is 27.9. The molecule has 1 N–H and O–H groups in total. The van der Waals surface area contributed by atoms with Gasteiger partial charge in [0.1, 0.15) is 0 Å². The van der Waals surface area contributed by atoms with E-state index in [0.717, 1.165) is 11.8 Å². The molecule has 15 heavy (non-hydrogen) atoms. The molecule has 2 rings (SSSR count). The quantitative estimate of drug-likeness (QED) is 0.794. The molecular weight excluding hydrogens is 182 g/mol. The van der Waals surface area contributed by atoms with Crippen LogP contribution in [0.1, 0.15) is 37.8 Å². The Balaban J connectivity index is 2.17. The summed E-state index contributed by atoms with van der Waals surface area (Å²) in [5, 5.41) is 3.49. The molecule has 3 unspecified atom stereocenters. The molecule has 0 bridgehead atoms. The van der Waals surface area contributed by atoms with E-state index in [1.807, 2.05) is 0 Å². The number of hydrogen-bond donors (Lipinski definition) is 1. The van der Waals surface area contributed by atoms with E-state index in [4.69, 9.17) is 0 Å². The molecule has 1 aliphatic rings. The predicted octanol–water partition coefficient (Wildman–Crippen LogP) is 3.38. The van der Waals surface area contributed by atoms with Gasteiger partial charge in [0.2, 0.25) is 0 Å². The third-order valence-corrected chi connectivity index (χ3v) is 3.83. The van der Waals surface area contributed by atoms with Crippen LogP contribution in [0, 0.1) is 11.8 Å². The summed E-state index contributed by atoms with van der Waals surface area (Å²) in [4.78, 5) is 0. The molecule has 0 saturated heterocycles. The van der Waals surface area contributed by atoms with Crippen molar-refractivity contribution in [2.24, 2.45) is 11.8 Å². The Bertz CT molecular complexity index is 293. The SMILES string of the molecule is CNC(c1ccccc1)C1CCCC1C. The molecule has 1 nitrogen and oxygen atoms in total. The zero-order chi connectivity index (χ0) is 10.7. The van der Waals surface area contributed by atoms with Crippen LogP contribution < -0.4 is 5.32 Å². The van der Waals surface area contributed by atoms with Crippen LogP contribution in [0.4, 0.5) is 0 Å². The van der Waals surface area contributed by atoms with Gasteiger partial charge in [-0.15, -0.1) is 0 Å². The van der Waals surface area contributed by atoms with Gasteiger partial charge in [0.05, 0.1) is 0 Å². The molecule has 0 radical (unpaired) electrons. The second-order valence-electron chi connectivity index (χ2n) is 4.75. The highest BCUT2D eigenvalue weighted by Crippen LogP contribution is 2.39. The molecule has 1 aliphatic carbocycles. The topological polar surface area (TPSA) is 12.0 Å². The van der Waals surface area contributed by atoms with Crippen molar-refractivity contribution in [2.75, 3.05) is 7.05 Å². The molecule has 0 amide bonds. The molecule has 0 aliphatic heterocycles. The van der Waals surface area contributed by atoms with E-state index in [2.05, 4.69) is 49.6 Å². The lowest BCUT2D eigenvalue weighted by Crippen LogP contribution is -2.26. The van der Waals surface area contributed by atoms with E-state index >= 15 is 0 Å². The highest BCUT2D eigenvalue weighted by atomic mass is 14.9. The Kier molecular flexibility index (Phi) is 3.42. The fraction of sp³-hybridized carbons (Fsp3) is 0.571. The minimum atomic E-state index is 0.545. The maximum atomic E-state index is 3.49. The van der Waals surface area contributed by atoms with Gasteiger partial charge in [-0.2, -0.15) is 0 Å². The van der Waals surface area contributed by atoms with Crippen molar-refractivity contribution in [3.8, 4) is 0 Å². The lowest BCUT2D eigenvalue weighted by molar-refractivity contribution is 0.315. The zero-order valence-corrected chi connectivity index (χ0v) is 9.74. The standard InChI is InChI=1S/C14H21N/c1-11-7-6-10-13(11)14(15-2)12-8-4-3-5-9-12/h3-5,8-9,11,13-15H,6-7,10H2,1-2H3. The molecule has 1 heteroatoms. The van der Waals surface area contributed by atoms with Crippen LogP contribution in [0.5, 0.6) is 0 Å². The molecule has 0 spiro atoms. The van der Waals surface area contributed by atoms with E-state index in [0.29, 0.717) is 6.04 Å². The first-order valence-electron chi connectivity index (χ1n) is 6.05. The van der Waals surface area contributed by atoms with Crippen LogP contribution in [0.3, 0.4) is 0 Å². The van der Waals surface area contributed by atoms with Crippen molar-refractivity contribution >= 4 is 0 Å². The van der Waals surface area contributed by atoms with Crippen molar-refractivity contribution in [3.05, 3.63) is 35.9 Å². The first-order chi connectivity index (χ1) is 7.33. The van der Waals surface area contributed by atoms with Crippen molar-refractivity contribution in [1.29, 1.82) is 0 Å². The van der Waals surface area contributed by atoms with Gasteiger partial charge in [0.25, 0.3) is 0 Å². The van der Waals surface area contributed by atoms with Gasteiger partial charge in [-0.05, 0) is 30.9 Å². The van der Waals surface area contributed by atoms with Gasteiger partial charge in [-0.25, -0.2) is 0 Å². The first-order valence-corrected chi connectivity index (χ1v) is 6.05. The van der Waals surface area contributed by atoms with Gasteiger partial charge in [-0.1, -0.05) is 50.1 Å². The highest BCUT2D eigenvalue weighted by Gasteiger charge is 2.30. The zero-order valence-electron chi connectivity index (χ0n) is 9.74. The maximum absolute atomic E-state index is 3.49. The average Bonchev–Trinajstić information content (AvgIpc) is 2.68. The molecule has 3 atom stereocenters. The second-order valence-corrected chi connectivity index (χ2v) is 4.75. The fourth-order valence-electron chi connectivity index (χ4n) is 2.96.